The van der Waals surface area contributed by atoms with Gasteiger partial charge in [0.05, 0.1) is 22.6 Å². The number of ether oxygens (including phenoxy) is 2. The summed E-state index contributed by atoms with van der Waals surface area (Å²) >= 11 is 0. The highest BCUT2D eigenvalue weighted by atomic mass is 19.3. The minimum atomic E-state index is -2.85. The van der Waals surface area contributed by atoms with Crippen LogP contribution in [0.25, 0.3) is 33.4 Å². The zero-order valence-corrected chi connectivity index (χ0v) is 24.2. The van der Waals surface area contributed by atoms with E-state index in [1.54, 1.807) is 78.1 Å². The van der Waals surface area contributed by atoms with E-state index in [2.05, 4.69) is 15.5 Å². The maximum absolute atomic E-state index is 14.0. The Balaban J connectivity index is 1.73. The number of rotatable bonds is 5. The molecule has 1 amide bonds. The van der Waals surface area contributed by atoms with E-state index in [0.29, 0.717) is 33.4 Å². The fourth-order valence-electron chi connectivity index (χ4n) is 4.72. The minimum Gasteiger partial charge on any atom is -0.443 e. The first-order chi connectivity index (χ1) is 19.6. The molecule has 0 radical (unpaired) electrons. The van der Waals surface area contributed by atoms with Gasteiger partial charge in [-0.1, -0.05) is 0 Å². The monoisotopic (exact) mass is 581 g/mol. The molecule has 1 aliphatic rings. The Morgan fingerprint density at radius 2 is 1.52 bits per heavy atom. The number of alkyl halides is 2. The van der Waals surface area contributed by atoms with Crippen molar-refractivity contribution in [2.24, 2.45) is 5.41 Å². The van der Waals surface area contributed by atoms with Gasteiger partial charge in [0.25, 0.3) is 6.43 Å². The molecule has 4 aromatic rings. The zero-order valence-electron chi connectivity index (χ0n) is 24.2. The number of fused-ring (bicyclic) bond motifs is 1. The molecule has 3 aromatic heterocycles. The van der Waals surface area contributed by atoms with Crippen molar-refractivity contribution in [2.45, 2.75) is 72.0 Å². The number of amides is 1. The number of carbonyl (C=O) groups is 3. The Hall–Kier alpha value is -4.48. The molecular weight excluding hydrogens is 548 g/mol. The molecule has 42 heavy (non-hydrogen) atoms. The second-order valence-corrected chi connectivity index (χ2v) is 12.4. The molecule has 0 unspecified atom stereocenters. The molecule has 1 aliphatic carbocycles. The zero-order chi connectivity index (χ0) is 30.6. The number of aromatic nitrogens is 4. The largest absolute Gasteiger partial charge is 0.443 e. The van der Waals surface area contributed by atoms with E-state index in [1.165, 1.54) is 21.5 Å². The summed E-state index contributed by atoms with van der Waals surface area (Å²) in [7, 11) is 0. The Morgan fingerprint density at radius 3 is 2.07 bits per heavy atom. The number of aromatic amines is 1. The molecule has 5 rings (SSSR count). The third kappa shape index (κ3) is 5.40. The van der Waals surface area contributed by atoms with E-state index >= 15 is 0 Å². The summed E-state index contributed by atoms with van der Waals surface area (Å²) in [6.45, 7) is 10.4. The lowest BCUT2D eigenvalue weighted by atomic mass is 10.00. The fourth-order valence-corrected chi connectivity index (χ4v) is 4.72. The van der Waals surface area contributed by atoms with Crippen LogP contribution in [0.4, 0.5) is 24.1 Å². The first kappa shape index (κ1) is 29.0. The second-order valence-electron chi connectivity index (χ2n) is 12.4. The van der Waals surface area contributed by atoms with Gasteiger partial charge in [-0.3, -0.25) is 19.0 Å². The van der Waals surface area contributed by atoms with Crippen molar-refractivity contribution in [3.05, 3.63) is 48.9 Å². The highest BCUT2D eigenvalue weighted by Crippen LogP contribution is 2.52. The van der Waals surface area contributed by atoms with Crippen molar-refractivity contribution in [3.8, 4) is 22.5 Å². The van der Waals surface area contributed by atoms with E-state index < -0.39 is 41.1 Å². The van der Waals surface area contributed by atoms with Gasteiger partial charge in [0, 0.05) is 35.1 Å². The predicted molar refractivity (Wildman–Crippen MR) is 153 cm³/mol. The van der Waals surface area contributed by atoms with Crippen molar-refractivity contribution in [3.63, 3.8) is 0 Å². The molecule has 1 saturated carbocycles. The SMILES string of the molecule is CC(C)(C)OC(=O)n1ccc(-c2cc[nH]n2)c1-c1ccc2c(ccn2C(=O)OC(C)(C)C)c1NC(=O)C1(C(F)F)CC1. The molecule has 2 N–H and O–H groups in total. The lowest BCUT2D eigenvalue weighted by Crippen LogP contribution is -2.30. The molecule has 10 nitrogen and oxygen atoms in total. The Labute approximate surface area is 241 Å². The minimum absolute atomic E-state index is 0.0491. The molecule has 0 saturated heterocycles. The topological polar surface area (TPSA) is 120 Å². The lowest BCUT2D eigenvalue weighted by Gasteiger charge is -2.22. The summed E-state index contributed by atoms with van der Waals surface area (Å²) in [6, 6.07) is 8.25. The van der Waals surface area contributed by atoms with Gasteiger partial charge >= 0.3 is 12.2 Å². The number of hydrogen-bond acceptors (Lipinski definition) is 6. The van der Waals surface area contributed by atoms with Crippen molar-refractivity contribution < 1.29 is 32.6 Å². The summed E-state index contributed by atoms with van der Waals surface area (Å²) < 4.78 is 41.7. The maximum Gasteiger partial charge on any atom is 0.419 e. The van der Waals surface area contributed by atoms with Crippen molar-refractivity contribution in [1.82, 2.24) is 19.3 Å². The first-order valence-corrected chi connectivity index (χ1v) is 13.5. The Bertz CT molecular complexity index is 1670. The standard InChI is InChI=1S/C30H33F2N5O5/c1-28(2,3)41-26(39)36-15-11-18-21(36)8-7-19(22(18)34-25(38)30(12-13-30)24(31)32)23-17(20-9-14-33-35-20)10-16-37(23)27(40)42-29(4,5)6/h7-11,14-16,24H,12-13H2,1-6H3,(H,33,35)(H,34,38). The van der Waals surface area contributed by atoms with Crippen molar-refractivity contribution in [1.29, 1.82) is 0 Å². The first-order valence-electron chi connectivity index (χ1n) is 13.5. The Morgan fingerprint density at radius 1 is 0.905 bits per heavy atom. The molecule has 0 spiro atoms. The van der Waals surface area contributed by atoms with Crippen molar-refractivity contribution in [2.75, 3.05) is 5.32 Å². The van der Waals surface area contributed by atoms with Crippen LogP contribution in [0, 0.1) is 5.41 Å². The van der Waals surface area contributed by atoms with Crippen LogP contribution < -0.4 is 5.32 Å². The summed E-state index contributed by atoms with van der Waals surface area (Å²) in [6.07, 6.45) is 0.544. The smallest absolute Gasteiger partial charge is 0.419 e. The number of H-pyrrole nitrogens is 1. The number of anilines is 1. The average molecular weight is 582 g/mol. The quantitative estimate of drug-likeness (QED) is 0.261. The van der Waals surface area contributed by atoms with Crippen LogP contribution in [0.5, 0.6) is 0 Å². The molecule has 222 valence electrons. The van der Waals surface area contributed by atoms with Gasteiger partial charge in [-0.2, -0.15) is 5.10 Å². The maximum atomic E-state index is 14.0. The van der Waals surface area contributed by atoms with Gasteiger partial charge in [0.15, 0.2) is 0 Å². The third-order valence-corrected chi connectivity index (χ3v) is 6.87. The number of benzene rings is 1. The molecule has 0 atom stereocenters. The average Bonchev–Trinajstić information content (AvgIpc) is 3.21. The van der Waals surface area contributed by atoms with Crippen LogP contribution in [0.3, 0.4) is 0 Å². The van der Waals surface area contributed by atoms with Crippen LogP contribution in [-0.2, 0) is 14.3 Å². The predicted octanol–water partition coefficient (Wildman–Crippen LogP) is 7.05. The summed E-state index contributed by atoms with van der Waals surface area (Å²) in [5.41, 5.74) is -1.16. The number of hydrogen-bond donors (Lipinski definition) is 2. The van der Waals surface area contributed by atoms with E-state index in [9.17, 15) is 23.2 Å². The van der Waals surface area contributed by atoms with Crippen LogP contribution in [-0.4, -0.2) is 55.1 Å². The van der Waals surface area contributed by atoms with Crippen LogP contribution in [0.15, 0.2) is 48.9 Å². The third-order valence-electron chi connectivity index (χ3n) is 6.87. The molecule has 0 bridgehead atoms. The molecular formula is C30H33F2N5O5. The van der Waals surface area contributed by atoms with Gasteiger partial charge in [-0.05, 0) is 84.7 Å². The fraction of sp³-hybridized carbons (Fsp3) is 0.400. The summed E-state index contributed by atoms with van der Waals surface area (Å²) in [5.74, 6) is -0.840. The van der Waals surface area contributed by atoms with Gasteiger partial charge in [-0.25, -0.2) is 18.4 Å². The lowest BCUT2D eigenvalue weighted by molar-refractivity contribution is -0.126. The number of carbonyl (C=O) groups excluding carboxylic acids is 3. The van der Waals surface area contributed by atoms with Gasteiger partial charge < -0.3 is 14.8 Å². The van der Waals surface area contributed by atoms with Crippen LogP contribution in [0.1, 0.15) is 54.4 Å². The molecule has 1 fully saturated rings. The number of halogens is 2. The molecule has 0 aliphatic heterocycles. The van der Waals surface area contributed by atoms with Gasteiger partial charge in [0.2, 0.25) is 5.91 Å². The number of nitrogens with one attached hydrogen (secondary N) is 2. The van der Waals surface area contributed by atoms with E-state index in [-0.39, 0.29) is 18.5 Å². The molecule has 1 aromatic carbocycles. The van der Waals surface area contributed by atoms with Crippen LogP contribution >= 0.6 is 0 Å². The van der Waals surface area contributed by atoms with Crippen molar-refractivity contribution >= 4 is 34.7 Å². The van der Waals surface area contributed by atoms with E-state index in [1.807, 2.05) is 0 Å². The van der Waals surface area contributed by atoms with Gasteiger partial charge in [-0.15, -0.1) is 0 Å². The van der Waals surface area contributed by atoms with Crippen LogP contribution in [0.2, 0.25) is 0 Å². The molecule has 3 heterocycles. The van der Waals surface area contributed by atoms with E-state index in [4.69, 9.17) is 9.47 Å². The normalized spacial score (nSPS) is 14.7. The summed E-state index contributed by atoms with van der Waals surface area (Å²) in [5, 5.41) is 10.1. The summed E-state index contributed by atoms with van der Waals surface area (Å²) in [4.78, 5) is 39.7. The molecule has 12 heteroatoms. The van der Waals surface area contributed by atoms with Gasteiger partial charge in [0.1, 0.15) is 16.6 Å². The Kier molecular flexibility index (Phi) is 6.99. The highest BCUT2D eigenvalue weighted by molar-refractivity contribution is 6.12. The number of nitrogens with zero attached hydrogens (tertiary/aromatic N) is 3. The highest BCUT2D eigenvalue weighted by Gasteiger charge is 2.57. The second kappa shape index (κ2) is 10.1. The van der Waals surface area contributed by atoms with E-state index in [0.717, 1.165) is 0 Å².